The van der Waals surface area contributed by atoms with Crippen molar-refractivity contribution in [2.75, 3.05) is 0 Å². The fourth-order valence-corrected chi connectivity index (χ4v) is 3.08. The van der Waals surface area contributed by atoms with Crippen molar-refractivity contribution >= 4 is 46.8 Å². The van der Waals surface area contributed by atoms with Crippen LogP contribution in [0.1, 0.15) is 51.5 Å². The summed E-state index contributed by atoms with van der Waals surface area (Å²) in [7, 11) is 0. The molecule has 0 saturated heterocycles. The molecule has 1 N–H and O–H groups in total. The highest BCUT2D eigenvalue weighted by Gasteiger charge is 2.25. The lowest BCUT2D eigenvalue weighted by atomic mass is 10.0. The number of esters is 1. The Morgan fingerprint density at radius 2 is 1.81 bits per heavy atom. The van der Waals surface area contributed by atoms with Crippen molar-refractivity contribution in [2.45, 2.75) is 33.8 Å². The van der Waals surface area contributed by atoms with Crippen molar-refractivity contribution in [3.8, 4) is 0 Å². The Bertz CT molecular complexity index is 944. The molecule has 0 unspecified atom stereocenters. The molecule has 0 fully saturated rings. The van der Waals surface area contributed by atoms with Gasteiger partial charge in [0.15, 0.2) is 11.9 Å². The number of ketones is 2. The van der Waals surface area contributed by atoms with E-state index in [9.17, 15) is 14.4 Å². The van der Waals surface area contributed by atoms with Crippen LogP contribution in [0.4, 0.5) is 0 Å². The zero-order valence-electron chi connectivity index (χ0n) is 15.4. The van der Waals surface area contributed by atoms with Crippen LogP contribution in [-0.2, 0) is 9.53 Å². The highest BCUT2D eigenvalue weighted by Crippen LogP contribution is 2.23. The number of benzene rings is 1. The molecule has 2 aromatic rings. The number of H-pyrrole nitrogens is 1. The zero-order chi connectivity index (χ0) is 20.3. The van der Waals surface area contributed by atoms with Crippen LogP contribution in [0.5, 0.6) is 0 Å². The average Bonchev–Trinajstić information content (AvgIpc) is 2.89. The van der Waals surface area contributed by atoms with Gasteiger partial charge in [-0.05, 0) is 57.0 Å². The van der Waals surface area contributed by atoms with Crippen molar-refractivity contribution in [1.29, 1.82) is 0 Å². The second-order valence-corrected chi connectivity index (χ2v) is 6.95. The maximum absolute atomic E-state index is 12.6. The van der Waals surface area contributed by atoms with Gasteiger partial charge >= 0.3 is 5.97 Å². The maximum Gasteiger partial charge on any atom is 0.331 e. The van der Waals surface area contributed by atoms with E-state index in [2.05, 4.69) is 4.98 Å². The molecule has 0 bridgehead atoms. The number of aromatic nitrogens is 1. The fraction of sp³-hybridized carbons (Fsp3) is 0.250. The van der Waals surface area contributed by atoms with E-state index in [1.807, 2.05) is 0 Å². The van der Waals surface area contributed by atoms with Gasteiger partial charge in [-0.2, -0.15) is 0 Å². The van der Waals surface area contributed by atoms with E-state index in [0.29, 0.717) is 32.4 Å². The van der Waals surface area contributed by atoms with E-state index in [1.54, 1.807) is 32.0 Å². The second-order valence-electron chi connectivity index (χ2n) is 6.13. The predicted molar refractivity (Wildman–Crippen MR) is 106 cm³/mol. The van der Waals surface area contributed by atoms with Gasteiger partial charge in [0.05, 0.1) is 15.7 Å². The van der Waals surface area contributed by atoms with Crippen molar-refractivity contribution in [2.24, 2.45) is 0 Å². The normalized spacial score (nSPS) is 12.2. The molecule has 1 atom stereocenters. The van der Waals surface area contributed by atoms with E-state index in [0.717, 1.165) is 0 Å². The third-order valence-electron chi connectivity index (χ3n) is 4.05. The molecule has 27 heavy (non-hydrogen) atoms. The Labute approximate surface area is 167 Å². The first kappa shape index (κ1) is 20.9. The van der Waals surface area contributed by atoms with Crippen molar-refractivity contribution in [3.05, 3.63) is 62.4 Å². The van der Waals surface area contributed by atoms with E-state index in [1.165, 1.54) is 26.0 Å². The summed E-state index contributed by atoms with van der Waals surface area (Å²) >= 11 is 11.8. The van der Waals surface area contributed by atoms with Crippen molar-refractivity contribution in [3.63, 3.8) is 0 Å². The highest BCUT2D eigenvalue weighted by molar-refractivity contribution is 6.42. The first-order chi connectivity index (χ1) is 12.6. The topological polar surface area (TPSA) is 76.2 Å². The van der Waals surface area contributed by atoms with Gasteiger partial charge in [0, 0.05) is 17.3 Å². The molecule has 142 valence electrons. The molecule has 7 heteroatoms. The number of rotatable bonds is 6. The largest absolute Gasteiger partial charge is 0.451 e. The number of hydrogen-bond acceptors (Lipinski definition) is 4. The van der Waals surface area contributed by atoms with Crippen molar-refractivity contribution < 1.29 is 19.1 Å². The Morgan fingerprint density at radius 3 is 2.37 bits per heavy atom. The van der Waals surface area contributed by atoms with Crippen LogP contribution in [0.25, 0.3) is 6.08 Å². The second kappa shape index (κ2) is 8.55. The van der Waals surface area contributed by atoms with Gasteiger partial charge in [0.25, 0.3) is 0 Å². The van der Waals surface area contributed by atoms with Crippen LogP contribution in [0.15, 0.2) is 24.3 Å². The summed E-state index contributed by atoms with van der Waals surface area (Å²) in [5, 5.41) is 0.784. The van der Waals surface area contributed by atoms with Gasteiger partial charge in [0.1, 0.15) is 0 Å². The third-order valence-corrected chi connectivity index (χ3v) is 4.79. The van der Waals surface area contributed by atoms with E-state index >= 15 is 0 Å². The molecule has 0 radical (unpaired) electrons. The first-order valence-electron chi connectivity index (χ1n) is 8.19. The van der Waals surface area contributed by atoms with E-state index in [4.69, 9.17) is 27.9 Å². The minimum Gasteiger partial charge on any atom is -0.451 e. The first-order valence-corrected chi connectivity index (χ1v) is 8.95. The number of carbonyl (C=O) groups excluding carboxylic acids is 3. The van der Waals surface area contributed by atoms with Crippen LogP contribution < -0.4 is 0 Å². The summed E-state index contributed by atoms with van der Waals surface area (Å²) in [6, 6.07) is 4.92. The molecule has 0 saturated carbocycles. The number of aromatic amines is 1. The van der Waals surface area contributed by atoms with Gasteiger partial charge in [-0.25, -0.2) is 4.79 Å². The number of hydrogen-bond donors (Lipinski definition) is 1. The third kappa shape index (κ3) is 4.87. The van der Waals surface area contributed by atoms with E-state index in [-0.39, 0.29) is 11.5 Å². The summed E-state index contributed by atoms with van der Waals surface area (Å²) in [5.74, 6) is -1.21. The summed E-state index contributed by atoms with van der Waals surface area (Å²) < 4.78 is 5.17. The van der Waals surface area contributed by atoms with Gasteiger partial charge in [0.2, 0.25) is 5.78 Å². The van der Waals surface area contributed by atoms with Crippen LogP contribution in [0.3, 0.4) is 0 Å². The molecular formula is C20H19Cl2NO4. The molecule has 0 aliphatic rings. The molecular weight excluding hydrogens is 389 g/mol. The lowest BCUT2D eigenvalue weighted by Crippen LogP contribution is -2.24. The summed E-state index contributed by atoms with van der Waals surface area (Å²) in [6.45, 7) is 6.33. The predicted octanol–water partition coefficient (Wildman–Crippen LogP) is 4.97. The summed E-state index contributed by atoms with van der Waals surface area (Å²) in [5.41, 5.74) is 2.59. The molecule has 1 aromatic heterocycles. The Hall–Kier alpha value is -2.37. The maximum atomic E-state index is 12.6. The number of halogens is 2. The van der Waals surface area contributed by atoms with Crippen LogP contribution >= 0.6 is 23.2 Å². The minimum atomic E-state index is -1.01. The monoisotopic (exact) mass is 407 g/mol. The number of Topliss-reactive ketones (excluding diaryl/α,β-unsaturated/α-hetero) is 2. The van der Waals surface area contributed by atoms with Crippen LogP contribution in [0.2, 0.25) is 10.0 Å². The minimum absolute atomic E-state index is 0.130. The molecule has 0 aliphatic carbocycles. The number of aryl methyl sites for hydroxylation is 1. The number of carbonyl (C=O) groups is 3. The van der Waals surface area contributed by atoms with E-state index < -0.39 is 17.9 Å². The lowest BCUT2D eigenvalue weighted by molar-refractivity contribution is -0.140. The van der Waals surface area contributed by atoms with Crippen LogP contribution in [0, 0.1) is 13.8 Å². The molecule has 5 nitrogen and oxygen atoms in total. The molecule has 0 spiro atoms. The summed E-state index contributed by atoms with van der Waals surface area (Å²) in [6.07, 6.45) is 1.71. The van der Waals surface area contributed by atoms with Crippen LogP contribution in [-0.4, -0.2) is 28.6 Å². The lowest BCUT2D eigenvalue weighted by Gasteiger charge is -2.10. The molecule has 1 heterocycles. The number of ether oxygens (including phenoxy) is 1. The Morgan fingerprint density at radius 1 is 1.15 bits per heavy atom. The summed E-state index contributed by atoms with van der Waals surface area (Å²) in [4.78, 5) is 39.2. The van der Waals surface area contributed by atoms with Gasteiger partial charge in [-0.1, -0.05) is 29.3 Å². The zero-order valence-corrected chi connectivity index (χ0v) is 16.9. The quantitative estimate of drug-likeness (QED) is 0.416. The SMILES string of the molecule is CC(=O)c1c(C)[nH]c(C(=O)[C@H](C)OC(=O)/C=C/c2ccc(Cl)c(Cl)c2)c1C. The molecule has 0 aliphatic heterocycles. The number of nitrogens with one attached hydrogen (secondary N) is 1. The van der Waals surface area contributed by atoms with Gasteiger partial charge in [-0.3, -0.25) is 9.59 Å². The molecule has 2 rings (SSSR count). The Balaban J connectivity index is 2.09. The standard InChI is InChI=1S/C20H19Cl2NO4/c1-10-18(12(3)24)11(2)23-19(10)20(26)13(4)27-17(25)8-6-14-5-7-15(21)16(22)9-14/h5-9,13,23H,1-4H3/b8-6+/t13-/m0/s1. The average molecular weight is 408 g/mol. The molecule has 1 aromatic carbocycles. The Kier molecular flexibility index (Phi) is 6.63. The smallest absolute Gasteiger partial charge is 0.331 e. The van der Waals surface area contributed by atoms with Crippen molar-refractivity contribution in [1.82, 2.24) is 4.98 Å². The van der Waals surface area contributed by atoms with Gasteiger partial charge < -0.3 is 9.72 Å². The molecule has 0 amide bonds. The fourth-order valence-electron chi connectivity index (χ4n) is 2.78. The van der Waals surface area contributed by atoms with Gasteiger partial charge in [-0.15, -0.1) is 0 Å². The highest BCUT2D eigenvalue weighted by atomic mass is 35.5.